The molecule has 0 unspecified atom stereocenters. The van der Waals surface area contributed by atoms with E-state index in [1.807, 2.05) is 6.07 Å². The summed E-state index contributed by atoms with van der Waals surface area (Å²) in [6, 6.07) is 6.95. The largest absolute Gasteiger partial charge is 0.362 e. The van der Waals surface area contributed by atoms with E-state index in [0.29, 0.717) is 12.1 Å². The summed E-state index contributed by atoms with van der Waals surface area (Å²) in [4.78, 5) is 20.8. The topological polar surface area (TPSA) is 46.2 Å². The number of carbonyl (C=O) groups excluding carboxylic acids is 2. The maximum Gasteiger partial charge on any atom is 0.200 e. The van der Waals surface area contributed by atoms with E-state index in [2.05, 4.69) is 5.32 Å². The SMILES string of the molecule is [B]C(=O)NCc1cccc(C=O)c1. The predicted molar refractivity (Wildman–Crippen MR) is 49.8 cm³/mol. The molecule has 64 valence electrons. The van der Waals surface area contributed by atoms with Crippen molar-refractivity contribution in [1.82, 2.24) is 5.32 Å². The van der Waals surface area contributed by atoms with Crippen LogP contribution in [0.4, 0.5) is 4.79 Å². The molecule has 13 heavy (non-hydrogen) atoms. The van der Waals surface area contributed by atoms with Crippen molar-refractivity contribution in [2.75, 3.05) is 0 Å². The lowest BCUT2D eigenvalue weighted by Gasteiger charge is -2.02. The first kappa shape index (κ1) is 9.51. The van der Waals surface area contributed by atoms with Crippen molar-refractivity contribution in [3.8, 4) is 0 Å². The van der Waals surface area contributed by atoms with Gasteiger partial charge in [-0.3, -0.25) is 9.59 Å². The predicted octanol–water partition coefficient (Wildman–Crippen LogP) is 0.877. The number of aldehydes is 1. The molecular formula is C9H8BNO2. The Hall–Kier alpha value is -1.58. The van der Waals surface area contributed by atoms with Gasteiger partial charge in [0.05, 0.1) is 0 Å². The molecule has 0 spiro atoms. The highest BCUT2D eigenvalue weighted by atomic mass is 16.1. The summed E-state index contributed by atoms with van der Waals surface area (Å²) in [5.41, 5.74) is 1.44. The third-order valence-electron chi connectivity index (χ3n) is 1.55. The lowest BCUT2D eigenvalue weighted by Crippen LogP contribution is -2.20. The number of amides is 1. The molecule has 0 heterocycles. The first-order valence-corrected chi connectivity index (χ1v) is 3.80. The number of rotatable bonds is 3. The van der Waals surface area contributed by atoms with Crippen LogP contribution in [0.2, 0.25) is 0 Å². The first-order chi connectivity index (χ1) is 6.22. The van der Waals surface area contributed by atoms with Crippen LogP contribution in [0.1, 0.15) is 15.9 Å². The maximum atomic E-state index is 10.4. The fourth-order valence-electron chi connectivity index (χ4n) is 0.966. The van der Waals surface area contributed by atoms with Crippen LogP contribution in [0.5, 0.6) is 0 Å². The van der Waals surface area contributed by atoms with Gasteiger partial charge in [0.2, 0.25) is 7.85 Å². The summed E-state index contributed by atoms with van der Waals surface area (Å²) >= 11 is 0. The Bertz CT molecular complexity index is 325. The highest BCUT2D eigenvalue weighted by molar-refractivity contribution is 6.57. The highest BCUT2D eigenvalue weighted by Gasteiger charge is 1.95. The number of nitrogens with one attached hydrogen (secondary N) is 1. The second-order valence-electron chi connectivity index (χ2n) is 2.58. The van der Waals surface area contributed by atoms with Gasteiger partial charge in [-0.25, -0.2) is 0 Å². The molecule has 0 aliphatic carbocycles. The highest BCUT2D eigenvalue weighted by Crippen LogP contribution is 2.02. The standard InChI is InChI=1S/C9H8BNO2/c10-9(13)11-5-7-2-1-3-8(4-7)6-12/h1-4,6H,5H2,(H,11,13). The third kappa shape index (κ3) is 3.11. The summed E-state index contributed by atoms with van der Waals surface area (Å²) in [6.45, 7) is 0.344. The Kier molecular flexibility index (Phi) is 3.26. The van der Waals surface area contributed by atoms with Gasteiger partial charge < -0.3 is 5.32 Å². The molecule has 4 heteroatoms. The molecule has 0 bridgehead atoms. The number of hydrogen-bond donors (Lipinski definition) is 1. The maximum absolute atomic E-state index is 10.4. The Balaban J connectivity index is 2.66. The van der Waals surface area contributed by atoms with Crippen LogP contribution in [0, 0.1) is 0 Å². The van der Waals surface area contributed by atoms with Gasteiger partial charge in [-0.1, -0.05) is 18.2 Å². The summed E-state index contributed by atoms with van der Waals surface area (Å²) in [7, 11) is 4.89. The molecule has 1 rings (SSSR count). The molecule has 0 atom stereocenters. The molecule has 0 aliphatic rings. The molecule has 3 nitrogen and oxygen atoms in total. The van der Waals surface area contributed by atoms with E-state index >= 15 is 0 Å². The summed E-state index contributed by atoms with van der Waals surface area (Å²) in [5.74, 6) is -0.573. The van der Waals surface area contributed by atoms with E-state index in [1.54, 1.807) is 18.2 Å². The molecule has 0 fully saturated rings. The zero-order valence-electron chi connectivity index (χ0n) is 6.99. The van der Waals surface area contributed by atoms with Crippen molar-refractivity contribution >= 4 is 19.9 Å². The van der Waals surface area contributed by atoms with Crippen LogP contribution in [0.25, 0.3) is 0 Å². The average Bonchev–Trinajstić information content (AvgIpc) is 2.15. The normalized spacial score (nSPS) is 9.23. The monoisotopic (exact) mass is 173 g/mol. The minimum absolute atomic E-state index is 0.344. The van der Waals surface area contributed by atoms with Gasteiger partial charge in [0.1, 0.15) is 6.29 Å². The lowest BCUT2D eigenvalue weighted by atomic mass is 10.1. The van der Waals surface area contributed by atoms with Gasteiger partial charge >= 0.3 is 0 Å². The van der Waals surface area contributed by atoms with Gasteiger partial charge in [-0.05, 0) is 11.6 Å². The number of benzene rings is 1. The van der Waals surface area contributed by atoms with Crippen LogP contribution in [0.15, 0.2) is 24.3 Å². The van der Waals surface area contributed by atoms with Crippen LogP contribution >= 0.6 is 0 Å². The van der Waals surface area contributed by atoms with Crippen LogP contribution in [-0.2, 0) is 6.54 Å². The number of hydrogen-bond acceptors (Lipinski definition) is 2. The molecular weight excluding hydrogens is 165 g/mol. The van der Waals surface area contributed by atoms with Crippen molar-refractivity contribution < 1.29 is 9.59 Å². The van der Waals surface area contributed by atoms with Crippen molar-refractivity contribution in [2.45, 2.75) is 6.54 Å². The van der Waals surface area contributed by atoms with Gasteiger partial charge in [0.25, 0.3) is 0 Å². The average molecular weight is 173 g/mol. The van der Waals surface area contributed by atoms with E-state index in [9.17, 15) is 9.59 Å². The second-order valence-corrected chi connectivity index (χ2v) is 2.58. The number of carbonyl (C=O) groups is 2. The quantitative estimate of drug-likeness (QED) is 0.544. The fourth-order valence-corrected chi connectivity index (χ4v) is 0.966. The van der Waals surface area contributed by atoms with Gasteiger partial charge in [-0.2, -0.15) is 0 Å². The zero-order valence-corrected chi connectivity index (χ0v) is 6.99. The van der Waals surface area contributed by atoms with E-state index in [0.717, 1.165) is 11.8 Å². The Morgan fingerprint density at radius 3 is 2.92 bits per heavy atom. The lowest BCUT2D eigenvalue weighted by molar-refractivity contribution is 0.112. The molecule has 0 aromatic heterocycles. The molecule has 1 aromatic rings. The summed E-state index contributed by atoms with van der Waals surface area (Å²) in [5, 5.41) is 2.44. The van der Waals surface area contributed by atoms with Gasteiger partial charge in [0, 0.05) is 12.1 Å². The summed E-state index contributed by atoms with van der Waals surface area (Å²) in [6.07, 6.45) is 0.758. The minimum Gasteiger partial charge on any atom is -0.362 e. The molecule has 1 amide bonds. The second kappa shape index (κ2) is 4.45. The molecule has 0 saturated heterocycles. The van der Waals surface area contributed by atoms with Crippen LogP contribution in [-0.4, -0.2) is 19.9 Å². The Morgan fingerprint density at radius 2 is 2.31 bits per heavy atom. The third-order valence-corrected chi connectivity index (χ3v) is 1.55. The van der Waals surface area contributed by atoms with E-state index in [1.165, 1.54) is 0 Å². The molecule has 0 saturated carbocycles. The van der Waals surface area contributed by atoms with Crippen molar-refractivity contribution in [3.63, 3.8) is 0 Å². The summed E-state index contributed by atoms with van der Waals surface area (Å²) < 4.78 is 0. The minimum atomic E-state index is -0.573. The Labute approximate surface area is 77.6 Å². The first-order valence-electron chi connectivity index (χ1n) is 3.80. The van der Waals surface area contributed by atoms with Crippen molar-refractivity contribution in [3.05, 3.63) is 35.4 Å². The van der Waals surface area contributed by atoms with Crippen molar-refractivity contribution in [2.24, 2.45) is 0 Å². The van der Waals surface area contributed by atoms with Crippen LogP contribution < -0.4 is 5.32 Å². The van der Waals surface area contributed by atoms with Gasteiger partial charge in [-0.15, -0.1) is 0 Å². The Morgan fingerprint density at radius 1 is 1.54 bits per heavy atom. The fraction of sp³-hybridized carbons (Fsp3) is 0.111. The van der Waals surface area contributed by atoms with Gasteiger partial charge in [0.15, 0.2) is 5.81 Å². The van der Waals surface area contributed by atoms with Crippen LogP contribution in [0.3, 0.4) is 0 Å². The molecule has 1 N–H and O–H groups in total. The molecule has 2 radical (unpaired) electrons. The zero-order chi connectivity index (χ0) is 9.68. The molecule has 1 aromatic carbocycles. The van der Waals surface area contributed by atoms with Crippen molar-refractivity contribution in [1.29, 1.82) is 0 Å². The van der Waals surface area contributed by atoms with E-state index in [4.69, 9.17) is 7.85 Å². The van der Waals surface area contributed by atoms with E-state index < -0.39 is 5.81 Å². The van der Waals surface area contributed by atoms with E-state index in [-0.39, 0.29) is 0 Å². The smallest absolute Gasteiger partial charge is 0.200 e. The molecule has 0 aliphatic heterocycles.